The maximum absolute atomic E-state index is 12.9. The lowest BCUT2D eigenvalue weighted by Crippen LogP contribution is -2.33. The number of nitrogens with zero attached hydrogens (tertiary/aromatic N) is 5. The number of thiazole rings is 1. The van der Waals surface area contributed by atoms with E-state index in [4.69, 9.17) is 4.98 Å². The van der Waals surface area contributed by atoms with E-state index in [2.05, 4.69) is 14.9 Å². The minimum absolute atomic E-state index is 0.0453. The summed E-state index contributed by atoms with van der Waals surface area (Å²) in [6.07, 6.45) is 4.24. The highest BCUT2D eigenvalue weighted by atomic mass is 32.1. The summed E-state index contributed by atoms with van der Waals surface area (Å²) in [5.41, 5.74) is 2.97. The van der Waals surface area contributed by atoms with Crippen LogP contribution in [0.4, 0.5) is 0 Å². The first-order chi connectivity index (χ1) is 11.9. The van der Waals surface area contributed by atoms with E-state index in [0.29, 0.717) is 6.42 Å². The van der Waals surface area contributed by atoms with Crippen LogP contribution in [0.5, 0.6) is 0 Å². The summed E-state index contributed by atoms with van der Waals surface area (Å²) in [6.45, 7) is 5.44. The van der Waals surface area contributed by atoms with Crippen molar-refractivity contribution >= 4 is 17.2 Å². The van der Waals surface area contributed by atoms with Crippen molar-refractivity contribution in [3.8, 4) is 0 Å². The molecular formula is C18H25N5OS. The minimum atomic E-state index is 0.0453. The Labute approximate surface area is 152 Å². The van der Waals surface area contributed by atoms with Crippen LogP contribution in [-0.4, -0.2) is 51.3 Å². The molecule has 0 bridgehead atoms. The molecule has 0 saturated carbocycles. The molecule has 134 valence electrons. The number of likely N-dealkylation sites (tertiary alicyclic amines) is 1. The van der Waals surface area contributed by atoms with Crippen molar-refractivity contribution in [2.75, 3.05) is 20.6 Å². The number of amides is 1. The smallest absolute Gasteiger partial charge is 0.229 e. The monoisotopic (exact) mass is 359 g/mol. The molecule has 1 atom stereocenters. The molecule has 0 aromatic carbocycles. The van der Waals surface area contributed by atoms with Crippen molar-refractivity contribution in [3.63, 3.8) is 0 Å². The fraction of sp³-hybridized carbons (Fsp3) is 0.556. The van der Waals surface area contributed by atoms with Crippen LogP contribution in [0.25, 0.3) is 0 Å². The average molecular weight is 359 g/mol. The van der Waals surface area contributed by atoms with Gasteiger partial charge in [-0.2, -0.15) is 0 Å². The average Bonchev–Trinajstić information content (AvgIpc) is 3.17. The van der Waals surface area contributed by atoms with Crippen molar-refractivity contribution in [3.05, 3.63) is 39.4 Å². The topological polar surface area (TPSA) is 62.2 Å². The van der Waals surface area contributed by atoms with E-state index >= 15 is 0 Å². The molecule has 0 radical (unpaired) electrons. The summed E-state index contributed by atoms with van der Waals surface area (Å²) in [7, 11) is 4.07. The summed E-state index contributed by atoms with van der Waals surface area (Å²) in [4.78, 5) is 30.4. The van der Waals surface area contributed by atoms with E-state index < -0.39 is 0 Å². The van der Waals surface area contributed by atoms with Gasteiger partial charge in [-0.15, -0.1) is 11.3 Å². The molecule has 1 fully saturated rings. The molecule has 6 nitrogen and oxygen atoms in total. The zero-order chi connectivity index (χ0) is 18.0. The molecule has 0 aliphatic carbocycles. The highest BCUT2D eigenvalue weighted by Crippen LogP contribution is 2.33. The largest absolute Gasteiger partial charge is 0.334 e. The van der Waals surface area contributed by atoms with Crippen LogP contribution in [0.3, 0.4) is 0 Å². The first-order valence-electron chi connectivity index (χ1n) is 8.61. The first kappa shape index (κ1) is 17.9. The molecule has 3 rings (SSSR count). The predicted molar refractivity (Wildman–Crippen MR) is 98.4 cm³/mol. The molecule has 0 spiro atoms. The SMILES string of the molecule is Cc1ncc(CN(C)C)c([C@H]2CCCN2C(=O)Cc2csc(C)n2)n1. The molecule has 0 unspecified atom stereocenters. The quantitative estimate of drug-likeness (QED) is 0.821. The Kier molecular flexibility index (Phi) is 5.44. The second-order valence-electron chi connectivity index (χ2n) is 6.85. The molecule has 1 aliphatic rings. The van der Waals surface area contributed by atoms with E-state index in [-0.39, 0.29) is 11.9 Å². The van der Waals surface area contributed by atoms with Crippen LogP contribution < -0.4 is 0 Å². The fourth-order valence-corrected chi connectivity index (χ4v) is 3.97. The van der Waals surface area contributed by atoms with Gasteiger partial charge >= 0.3 is 0 Å². The Bertz CT molecular complexity index is 758. The van der Waals surface area contributed by atoms with Gasteiger partial charge in [0.25, 0.3) is 0 Å². The first-order valence-corrected chi connectivity index (χ1v) is 9.49. The third kappa shape index (κ3) is 4.22. The van der Waals surface area contributed by atoms with Crippen molar-refractivity contribution < 1.29 is 4.79 Å². The van der Waals surface area contributed by atoms with Crippen LogP contribution in [0.15, 0.2) is 11.6 Å². The summed E-state index contributed by atoms with van der Waals surface area (Å²) >= 11 is 1.59. The van der Waals surface area contributed by atoms with Gasteiger partial charge in [0.1, 0.15) is 5.82 Å². The van der Waals surface area contributed by atoms with Gasteiger partial charge in [0.2, 0.25) is 5.91 Å². The number of rotatable bonds is 5. The highest BCUT2D eigenvalue weighted by Gasteiger charge is 2.32. The van der Waals surface area contributed by atoms with Gasteiger partial charge in [-0.3, -0.25) is 4.79 Å². The Morgan fingerprint density at radius 2 is 2.16 bits per heavy atom. The predicted octanol–water partition coefficient (Wildman–Crippen LogP) is 2.52. The van der Waals surface area contributed by atoms with E-state index in [1.807, 2.05) is 44.4 Å². The molecule has 25 heavy (non-hydrogen) atoms. The van der Waals surface area contributed by atoms with Crippen molar-refractivity contribution in [2.24, 2.45) is 0 Å². The number of carbonyl (C=O) groups is 1. The maximum Gasteiger partial charge on any atom is 0.229 e. The van der Waals surface area contributed by atoms with E-state index in [0.717, 1.165) is 53.7 Å². The maximum atomic E-state index is 12.9. The molecular weight excluding hydrogens is 334 g/mol. The molecule has 0 N–H and O–H groups in total. The summed E-state index contributed by atoms with van der Waals surface area (Å²) < 4.78 is 0. The van der Waals surface area contributed by atoms with Gasteiger partial charge in [-0.25, -0.2) is 15.0 Å². The van der Waals surface area contributed by atoms with Gasteiger partial charge in [-0.1, -0.05) is 0 Å². The van der Waals surface area contributed by atoms with Crippen LogP contribution in [0.2, 0.25) is 0 Å². The van der Waals surface area contributed by atoms with Crippen molar-refractivity contribution in [1.29, 1.82) is 0 Å². The Hall–Kier alpha value is -1.86. The van der Waals surface area contributed by atoms with Gasteiger partial charge in [-0.05, 0) is 40.8 Å². The summed E-state index contributed by atoms with van der Waals surface area (Å²) in [5.74, 6) is 0.895. The molecule has 1 amide bonds. The number of aryl methyl sites for hydroxylation is 2. The lowest BCUT2D eigenvalue weighted by molar-refractivity contribution is -0.131. The molecule has 3 heterocycles. The van der Waals surface area contributed by atoms with Crippen molar-refractivity contribution in [1.82, 2.24) is 24.8 Å². The van der Waals surface area contributed by atoms with Crippen LogP contribution in [-0.2, 0) is 17.8 Å². The minimum Gasteiger partial charge on any atom is -0.334 e. The van der Waals surface area contributed by atoms with Crippen LogP contribution >= 0.6 is 11.3 Å². The van der Waals surface area contributed by atoms with Gasteiger partial charge in [0, 0.05) is 30.2 Å². The molecule has 1 aliphatic heterocycles. The number of carbonyl (C=O) groups excluding carboxylic acids is 1. The Balaban J connectivity index is 1.83. The second kappa shape index (κ2) is 7.58. The lowest BCUT2D eigenvalue weighted by atomic mass is 10.1. The summed E-state index contributed by atoms with van der Waals surface area (Å²) in [5, 5.41) is 2.98. The fourth-order valence-electron chi connectivity index (χ4n) is 3.36. The lowest BCUT2D eigenvalue weighted by Gasteiger charge is -2.26. The van der Waals surface area contributed by atoms with Crippen LogP contribution in [0.1, 0.15) is 46.7 Å². The normalized spacial score (nSPS) is 17.5. The molecule has 7 heteroatoms. The van der Waals surface area contributed by atoms with Crippen LogP contribution in [0, 0.1) is 13.8 Å². The van der Waals surface area contributed by atoms with E-state index in [1.54, 1.807) is 11.3 Å². The summed E-state index contributed by atoms with van der Waals surface area (Å²) in [6, 6.07) is 0.0453. The second-order valence-corrected chi connectivity index (χ2v) is 7.91. The van der Waals surface area contributed by atoms with Gasteiger partial charge in [0.15, 0.2) is 0 Å². The zero-order valence-corrected chi connectivity index (χ0v) is 16.1. The standard InChI is InChI=1S/C18H25N5OS/c1-12-19-9-14(10-22(3)4)18(20-12)16-6-5-7-23(16)17(24)8-15-11-25-13(2)21-15/h9,11,16H,5-8,10H2,1-4H3/t16-/m1/s1. The third-order valence-electron chi connectivity index (χ3n) is 4.39. The van der Waals surface area contributed by atoms with Gasteiger partial charge in [0.05, 0.1) is 28.9 Å². The van der Waals surface area contributed by atoms with Gasteiger partial charge < -0.3 is 9.80 Å². The third-order valence-corrected chi connectivity index (χ3v) is 5.22. The number of aromatic nitrogens is 3. The van der Waals surface area contributed by atoms with Crippen molar-refractivity contribution in [2.45, 2.75) is 45.7 Å². The Morgan fingerprint density at radius 1 is 1.36 bits per heavy atom. The molecule has 2 aromatic heterocycles. The molecule has 1 saturated heterocycles. The Morgan fingerprint density at radius 3 is 2.84 bits per heavy atom. The highest BCUT2D eigenvalue weighted by molar-refractivity contribution is 7.09. The number of hydrogen-bond donors (Lipinski definition) is 0. The zero-order valence-electron chi connectivity index (χ0n) is 15.3. The van der Waals surface area contributed by atoms with E-state index in [1.165, 1.54) is 0 Å². The number of hydrogen-bond acceptors (Lipinski definition) is 6. The molecule has 2 aromatic rings. The van der Waals surface area contributed by atoms with E-state index in [9.17, 15) is 4.79 Å².